The first-order chi connectivity index (χ1) is 17.4. The molecule has 1 aromatic rings. The lowest BCUT2D eigenvalue weighted by molar-refractivity contribution is -0.190. The average Bonchev–Trinajstić information content (AvgIpc) is 2.86. The lowest BCUT2D eigenvalue weighted by Crippen LogP contribution is -2.76. The van der Waals surface area contributed by atoms with Crippen LogP contribution < -0.4 is 5.32 Å². The number of terminal acetylenes is 1. The molecule has 1 aliphatic carbocycles. The van der Waals surface area contributed by atoms with Gasteiger partial charge in [-0.15, -0.1) is 6.42 Å². The molecule has 0 spiro atoms. The Bertz CT molecular complexity index is 969. The fourth-order valence-electron chi connectivity index (χ4n) is 5.81. The van der Waals surface area contributed by atoms with E-state index in [0.29, 0.717) is 32.0 Å². The summed E-state index contributed by atoms with van der Waals surface area (Å²) >= 11 is 0. The molecule has 2 atom stereocenters. The van der Waals surface area contributed by atoms with Crippen molar-refractivity contribution in [2.24, 2.45) is 11.8 Å². The van der Waals surface area contributed by atoms with Gasteiger partial charge in [0.25, 0.3) is 0 Å². The number of urea groups is 1. The zero-order chi connectivity index (χ0) is 25.7. The highest BCUT2D eigenvalue weighted by Crippen LogP contribution is 2.32. The van der Waals surface area contributed by atoms with Crippen molar-refractivity contribution in [1.82, 2.24) is 25.1 Å². The van der Waals surface area contributed by atoms with E-state index in [9.17, 15) is 14.4 Å². The number of amides is 4. The van der Waals surface area contributed by atoms with Crippen LogP contribution in [0.15, 0.2) is 30.3 Å². The molecule has 1 N–H and O–H groups in total. The Morgan fingerprint density at radius 2 is 1.86 bits per heavy atom. The van der Waals surface area contributed by atoms with E-state index in [1.54, 1.807) is 14.9 Å². The van der Waals surface area contributed by atoms with Gasteiger partial charge in [0.05, 0.1) is 19.6 Å². The fraction of sp³-hybridized carbons (Fsp3) is 0.607. The number of hydrazine groups is 1. The van der Waals surface area contributed by atoms with E-state index in [4.69, 9.17) is 6.42 Å². The van der Waals surface area contributed by atoms with Gasteiger partial charge in [0.15, 0.2) is 0 Å². The van der Waals surface area contributed by atoms with Gasteiger partial charge in [0, 0.05) is 13.1 Å². The molecule has 0 unspecified atom stereocenters. The van der Waals surface area contributed by atoms with Crippen LogP contribution in [0.25, 0.3) is 0 Å². The second kappa shape index (κ2) is 11.8. The van der Waals surface area contributed by atoms with Gasteiger partial charge >= 0.3 is 6.03 Å². The summed E-state index contributed by atoms with van der Waals surface area (Å²) in [5.74, 6) is 3.14. The van der Waals surface area contributed by atoms with Crippen LogP contribution in [0.1, 0.15) is 57.9 Å². The number of nitrogens with one attached hydrogen (secondary N) is 1. The Morgan fingerprint density at radius 3 is 2.53 bits per heavy atom. The number of rotatable bonds is 7. The third-order valence-corrected chi connectivity index (χ3v) is 7.50. The Hall–Kier alpha value is -3.05. The Balaban J connectivity index is 1.61. The van der Waals surface area contributed by atoms with Gasteiger partial charge in [-0.05, 0) is 36.7 Å². The number of nitrogens with zero attached hydrogens (tertiary/aromatic N) is 4. The van der Waals surface area contributed by atoms with Gasteiger partial charge in [0.2, 0.25) is 11.8 Å². The van der Waals surface area contributed by atoms with Crippen LogP contribution in [0.5, 0.6) is 0 Å². The van der Waals surface area contributed by atoms with Crippen molar-refractivity contribution in [3.05, 3.63) is 35.9 Å². The molecule has 0 bridgehead atoms. The van der Waals surface area contributed by atoms with E-state index in [0.717, 1.165) is 18.4 Å². The van der Waals surface area contributed by atoms with Gasteiger partial charge < -0.3 is 15.1 Å². The summed E-state index contributed by atoms with van der Waals surface area (Å²) in [6, 6.07) is 8.82. The molecule has 8 heteroatoms. The SMILES string of the molecule is C#CCN1CC(=O)N2[C@@H](CC(C)C)C(=O)N(CC3CCCCC3)C[C@@H]2N1C(=O)NCc1ccccc1. The van der Waals surface area contributed by atoms with Gasteiger partial charge in [-0.3, -0.25) is 9.59 Å². The molecule has 194 valence electrons. The highest BCUT2D eigenvalue weighted by atomic mass is 16.2. The number of hydrogen-bond acceptors (Lipinski definition) is 4. The van der Waals surface area contributed by atoms with Crippen molar-refractivity contribution in [2.75, 3.05) is 26.2 Å². The van der Waals surface area contributed by atoms with Crippen molar-refractivity contribution in [2.45, 2.75) is 71.1 Å². The standard InChI is InChI=1S/C28H39N5O3/c1-4-15-31-20-26(34)32-24(16-21(2)3)27(35)30(18-23-13-9-6-10-14-23)19-25(32)33(31)28(36)29-17-22-11-7-5-8-12-22/h1,5,7-8,11-12,21,23-25H,6,9-10,13-20H2,2-3H3,(H,29,36)/t24-,25-/m0/s1. The number of hydrogen-bond donors (Lipinski definition) is 1. The van der Waals surface area contributed by atoms with Crippen LogP contribution in [0.4, 0.5) is 4.79 Å². The summed E-state index contributed by atoms with van der Waals surface area (Å²) < 4.78 is 0. The Kier molecular flexibility index (Phi) is 8.52. The largest absolute Gasteiger partial charge is 0.337 e. The quantitative estimate of drug-likeness (QED) is 0.593. The molecule has 1 saturated carbocycles. The summed E-state index contributed by atoms with van der Waals surface area (Å²) in [5, 5.41) is 6.24. The van der Waals surface area contributed by atoms with E-state index >= 15 is 0 Å². The maximum absolute atomic E-state index is 13.7. The molecule has 2 aliphatic heterocycles. The molecule has 4 rings (SSSR count). The maximum atomic E-state index is 13.7. The molecule has 0 radical (unpaired) electrons. The van der Waals surface area contributed by atoms with Crippen molar-refractivity contribution in [3.63, 3.8) is 0 Å². The summed E-state index contributed by atoms with van der Waals surface area (Å²) in [5.41, 5.74) is 0.981. The second-order valence-corrected chi connectivity index (χ2v) is 10.7. The molecule has 8 nitrogen and oxygen atoms in total. The minimum absolute atomic E-state index is 0.00826. The van der Waals surface area contributed by atoms with E-state index in [2.05, 4.69) is 25.1 Å². The van der Waals surface area contributed by atoms with Crippen molar-refractivity contribution in [3.8, 4) is 12.3 Å². The molecule has 0 aromatic heterocycles. The second-order valence-electron chi connectivity index (χ2n) is 10.7. The number of fused-ring (bicyclic) bond motifs is 1. The van der Waals surface area contributed by atoms with Crippen molar-refractivity contribution < 1.29 is 14.4 Å². The lowest BCUT2D eigenvalue weighted by Gasteiger charge is -2.55. The molecule has 3 fully saturated rings. The molecule has 36 heavy (non-hydrogen) atoms. The summed E-state index contributed by atoms with van der Waals surface area (Å²) in [4.78, 5) is 44.2. The summed E-state index contributed by atoms with van der Waals surface area (Å²) in [6.45, 7) is 5.58. The van der Waals surface area contributed by atoms with E-state index in [1.165, 1.54) is 19.3 Å². The van der Waals surface area contributed by atoms with E-state index < -0.39 is 12.2 Å². The average molecular weight is 494 g/mol. The number of carbonyl (C=O) groups is 3. The number of carbonyl (C=O) groups excluding carboxylic acids is 3. The number of benzene rings is 1. The van der Waals surface area contributed by atoms with Crippen LogP contribution in [0.3, 0.4) is 0 Å². The Morgan fingerprint density at radius 1 is 1.14 bits per heavy atom. The highest BCUT2D eigenvalue weighted by molar-refractivity contribution is 5.91. The molecule has 2 saturated heterocycles. The first-order valence-electron chi connectivity index (χ1n) is 13.3. The zero-order valence-corrected chi connectivity index (χ0v) is 21.6. The molecular weight excluding hydrogens is 454 g/mol. The third-order valence-electron chi connectivity index (χ3n) is 7.50. The molecule has 4 amide bonds. The Labute approximate surface area is 214 Å². The van der Waals surface area contributed by atoms with Crippen LogP contribution in [0.2, 0.25) is 0 Å². The summed E-state index contributed by atoms with van der Waals surface area (Å²) in [6.07, 6.45) is 11.5. The first kappa shape index (κ1) is 26.0. The van der Waals surface area contributed by atoms with Crippen LogP contribution in [0, 0.1) is 24.2 Å². The van der Waals surface area contributed by atoms with Gasteiger partial charge in [-0.2, -0.15) is 5.01 Å². The predicted molar refractivity (Wildman–Crippen MR) is 138 cm³/mol. The smallest absolute Gasteiger partial charge is 0.334 e. The number of piperazine rings is 1. The van der Waals surface area contributed by atoms with Crippen LogP contribution >= 0.6 is 0 Å². The normalized spacial score (nSPS) is 23.6. The molecule has 2 heterocycles. The highest BCUT2D eigenvalue weighted by Gasteiger charge is 2.51. The van der Waals surface area contributed by atoms with Gasteiger partial charge in [-0.1, -0.05) is 69.4 Å². The van der Waals surface area contributed by atoms with E-state index in [1.807, 2.05) is 35.2 Å². The topological polar surface area (TPSA) is 76.2 Å². The lowest BCUT2D eigenvalue weighted by atomic mass is 9.88. The van der Waals surface area contributed by atoms with Crippen LogP contribution in [-0.4, -0.2) is 76.0 Å². The molecule has 3 aliphatic rings. The third kappa shape index (κ3) is 5.84. The van der Waals surface area contributed by atoms with Crippen molar-refractivity contribution >= 4 is 17.8 Å². The van der Waals surface area contributed by atoms with Crippen molar-refractivity contribution in [1.29, 1.82) is 0 Å². The molecular formula is C28H39N5O3. The monoisotopic (exact) mass is 493 g/mol. The maximum Gasteiger partial charge on any atom is 0.334 e. The van der Waals surface area contributed by atoms with E-state index in [-0.39, 0.29) is 36.9 Å². The minimum Gasteiger partial charge on any atom is -0.337 e. The van der Waals surface area contributed by atoms with Gasteiger partial charge in [-0.25, -0.2) is 9.80 Å². The van der Waals surface area contributed by atoms with Gasteiger partial charge in [0.1, 0.15) is 12.2 Å². The predicted octanol–water partition coefficient (Wildman–Crippen LogP) is 3.05. The summed E-state index contributed by atoms with van der Waals surface area (Å²) in [7, 11) is 0. The van der Waals surface area contributed by atoms with Crippen LogP contribution in [-0.2, 0) is 16.1 Å². The zero-order valence-electron chi connectivity index (χ0n) is 21.6. The first-order valence-corrected chi connectivity index (χ1v) is 13.3. The fourth-order valence-corrected chi connectivity index (χ4v) is 5.81. The molecule has 1 aromatic carbocycles. The minimum atomic E-state index is -0.583.